The quantitative estimate of drug-likeness (QED) is 0.309. The first-order chi connectivity index (χ1) is 17.1. The van der Waals surface area contributed by atoms with Crippen LogP contribution < -0.4 is 0 Å². The molecule has 0 aliphatic carbocycles. The van der Waals surface area contributed by atoms with Crippen LogP contribution in [0.3, 0.4) is 0 Å². The number of phenolic OH excluding ortho intramolecular Hbond substituents is 1. The van der Waals surface area contributed by atoms with Gasteiger partial charge < -0.3 is 9.67 Å². The fourth-order valence-electron chi connectivity index (χ4n) is 4.69. The number of imidazole rings is 1. The number of halogens is 1. The molecule has 1 heterocycles. The van der Waals surface area contributed by atoms with E-state index in [2.05, 4.69) is 41.4 Å². The average molecular weight is 460 g/mol. The van der Waals surface area contributed by atoms with Crippen molar-refractivity contribution in [3.63, 3.8) is 0 Å². The SMILES string of the molecule is Cc1c(O)c(-c2cn(C(c3ccccc3)(c3ccccc3)c3ccccc3)cn2)cc(C#N)c1F. The second kappa shape index (κ2) is 8.92. The van der Waals surface area contributed by atoms with Crippen molar-refractivity contribution in [2.75, 3.05) is 0 Å². The van der Waals surface area contributed by atoms with Gasteiger partial charge in [-0.05, 0) is 29.7 Å². The van der Waals surface area contributed by atoms with Gasteiger partial charge in [0.15, 0.2) is 0 Å². The molecule has 0 unspecified atom stereocenters. The molecule has 4 nitrogen and oxygen atoms in total. The molecule has 0 atom stereocenters. The number of hydrogen-bond acceptors (Lipinski definition) is 3. The van der Waals surface area contributed by atoms with E-state index in [1.165, 1.54) is 13.0 Å². The molecule has 5 rings (SSSR count). The van der Waals surface area contributed by atoms with Gasteiger partial charge in [0.2, 0.25) is 0 Å². The smallest absolute Gasteiger partial charge is 0.147 e. The zero-order chi connectivity index (χ0) is 24.4. The summed E-state index contributed by atoms with van der Waals surface area (Å²) in [4.78, 5) is 4.61. The molecule has 0 amide bonds. The number of phenols is 1. The minimum absolute atomic E-state index is 0.0223. The van der Waals surface area contributed by atoms with Crippen LogP contribution in [-0.2, 0) is 5.54 Å². The molecule has 35 heavy (non-hydrogen) atoms. The van der Waals surface area contributed by atoms with Crippen molar-refractivity contribution in [3.8, 4) is 23.1 Å². The van der Waals surface area contributed by atoms with Crippen molar-refractivity contribution < 1.29 is 9.50 Å². The van der Waals surface area contributed by atoms with E-state index in [0.29, 0.717) is 11.3 Å². The largest absolute Gasteiger partial charge is 0.507 e. The molecule has 0 radical (unpaired) electrons. The number of hydrogen-bond donors (Lipinski definition) is 1. The van der Waals surface area contributed by atoms with Crippen LogP contribution >= 0.6 is 0 Å². The van der Waals surface area contributed by atoms with Gasteiger partial charge in [-0.1, -0.05) is 91.0 Å². The standard InChI is InChI=1S/C30H22FN3O/c1-21-28(31)22(18-32)17-26(29(21)35)27-19-34(20-33-27)30(23-11-5-2-6-12-23,24-13-7-3-8-14-24)25-15-9-4-10-16-25/h2-17,19-20,35H,1H3. The van der Waals surface area contributed by atoms with E-state index in [1.54, 1.807) is 6.33 Å². The van der Waals surface area contributed by atoms with Crippen LogP contribution in [0.25, 0.3) is 11.3 Å². The molecule has 0 saturated heterocycles. The van der Waals surface area contributed by atoms with Crippen LogP contribution in [0.4, 0.5) is 4.39 Å². The molecule has 0 bridgehead atoms. The third-order valence-corrected chi connectivity index (χ3v) is 6.41. The van der Waals surface area contributed by atoms with E-state index < -0.39 is 11.4 Å². The Morgan fingerprint density at radius 3 is 1.80 bits per heavy atom. The van der Waals surface area contributed by atoms with Crippen molar-refractivity contribution in [3.05, 3.63) is 143 Å². The number of benzene rings is 4. The van der Waals surface area contributed by atoms with E-state index in [1.807, 2.05) is 71.4 Å². The van der Waals surface area contributed by atoms with E-state index in [9.17, 15) is 14.8 Å². The highest BCUT2D eigenvalue weighted by atomic mass is 19.1. The fourth-order valence-corrected chi connectivity index (χ4v) is 4.69. The van der Waals surface area contributed by atoms with E-state index in [0.717, 1.165) is 16.7 Å². The van der Waals surface area contributed by atoms with Gasteiger partial charge in [-0.25, -0.2) is 9.37 Å². The van der Waals surface area contributed by atoms with Crippen molar-refractivity contribution in [1.82, 2.24) is 9.55 Å². The van der Waals surface area contributed by atoms with Crippen molar-refractivity contribution in [1.29, 1.82) is 5.26 Å². The summed E-state index contributed by atoms with van der Waals surface area (Å²) in [6.45, 7) is 1.45. The van der Waals surface area contributed by atoms with Gasteiger partial charge in [-0.3, -0.25) is 0 Å². The van der Waals surface area contributed by atoms with Gasteiger partial charge >= 0.3 is 0 Å². The molecule has 0 fully saturated rings. The monoisotopic (exact) mass is 459 g/mol. The molecule has 5 aromatic rings. The van der Waals surface area contributed by atoms with Crippen LogP contribution in [0, 0.1) is 24.1 Å². The molecule has 0 aliphatic heterocycles. The highest BCUT2D eigenvalue weighted by Crippen LogP contribution is 2.42. The summed E-state index contributed by atoms with van der Waals surface area (Å²) in [5.41, 5.74) is 2.95. The van der Waals surface area contributed by atoms with Crippen molar-refractivity contribution in [2.24, 2.45) is 0 Å². The second-order valence-corrected chi connectivity index (χ2v) is 8.35. The minimum Gasteiger partial charge on any atom is -0.507 e. The maximum Gasteiger partial charge on any atom is 0.147 e. The Morgan fingerprint density at radius 2 is 1.34 bits per heavy atom. The van der Waals surface area contributed by atoms with Crippen LogP contribution in [0.5, 0.6) is 5.75 Å². The van der Waals surface area contributed by atoms with Crippen LogP contribution in [0.2, 0.25) is 0 Å². The van der Waals surface area contributed by atoms with Gasteiger partial charge in [0.25, 0.3) is 0 Å². The third kappa shape index (κ3) is 3.56. The number of nitriles is 1. The van der Waals surface area contributed by atoms with Crippen LogP contribution in [-0.4, -0.2) is 14.7 Å². The topological polar surface area (TPSA) is 61.8 Å². The van der Waals surface area contributed by atoms with Crippen molar-refractivity contribution in [2.45, 2.75) is 12.5 Å². The number of nitrogens with zero attached hydrogens (tertiary/aromatic N) is 3. The first kappa shape index (κ1) is 22.1. The van der Waals surface area contributed by atoms with Gasteiger partial charge in [-0.2, -0.15) is 5.26 Å². The molecule has 0 aliphatic rings. The predicted molar refractivity (Wildman–Crippen MR) is 133 cm³/mol. The maximum absolute atomic E-state index is 14.4. The summed E-state index contributed by atoms with van der Waals surface area (Å²) >= 11 is 0. The normalized spacial score (nSPS) is 11.2. The average Bonchev–Trinajstić information content (AvgIpc) is 3.40. The first-order valence-electron chi connectivity index (χ1n) is 11.2. The Hall–Kier alpha value is -4.69. The zero-order valence-electron chi connectivity index (χ0n) is 19.1. The van der Waals surface area contributed by atoms with Crippen LogP contribution in [0.15, 0.2) is 110 Å². The Bertz CT molecular complexity index is 1420. The van der Waals surface area contributed by atoms with E-state index in [-0.39, 0.29) is 16.9 Å². The minimum atomic E-state index is -0.766. The molecule has 1 aromatic heterocycles. The molecule has 0 saturated carbocycles. The fraction of sp³-hybridized carbons (Fsp3) is 0.0667. The van der Waals surface area contributed by atoms with E-state index >= 15 is 0 Å². The molecule has 5 heteroatoms. The number of rotatable bonds is 5. The lowest BCUT2D eigenvalue weighted by molar-refractivity contribution is 0.464. The lowest BCUT2D eigenvalue weighted by Gasteiger charge is -2.37. The van der Waals surface area contributed by atoms with Gasteiger partial charge in [0.05, 0.1) is 17.6 Å². The predicted octanol–water partition coefficient (Wildman–Crippen LogP) is 6.42. The molecule has 1 N–H and O–H groups in total. The molecule has 4 aromatic carbocycles. The zero-order valence-corrected chi connectivity index (χ0v) is 19.1. The molecular weight excluding hydrogens is 437 g/mol. The van der Waals surface area contributed by atoms with Crippen molar-refractivity contribution >= 4 is 0 Å². The first-order valence-corrected chi connectivity index (χ1v) is 11.2. The molecule has 0 spiro atoms. The maximum atomic E-state index is 14.4. The summed E-state index contributed by atoms with van der Waals surface area (Å²) in [6, 6.07) is 33.6. The Labute approximate surface area is 203 Å². The van der Waals surface area contributed by atoms with E-state index in [4.69, 9.17) is 0 Å². The third-order valence-electron chi connectivity index (χ3n) is 6.41. The van der Waals surface area contributed by atoms with Gasteiger partial charge in [-0.15, -0.1) is 0 Å². The highest BCUT2D eigenvalue weighted by Gasteiger charge is 2.38. The summed E-state index contributed by atoms with van der Waals surface area (Å²) in [6.07, 6.45) is 3.55. The summed E-state index contributed by atoms with van der Waals surface area (Å²) in [5, 5.41) is 20.1. The number of aromatic hydroxyl groups is 1. The summed E-state index contributed by atoms with van der Waals surface area (Å²) in [5.74, 6) is -0.947. The molecule has 170 valence electrons. The van der Waals surface area contributed by atoms with Crippen LogP contribution in [0.1, 0.15) is 27.8 Å². The van der Waals surface area contributed by atoms with Gasteiger partial charge in [0, 0.05) is 17.3 Å². The molecular formula is C30H22FN3O. The lowest BCUT2D eigenvalue weighted by atomic mass is 9.77. The Morgan fingerprint density at radius 1 is 0.857 bits per heavy atom. The summed E-state index contributed by atoms with van der Waals surface area (Å²) in [7, 11) is 0. The summed E-state index contributed by atoms with van der Waals surface area (Å²) < 4.78 is 16.4. The number of aromatic nitrogens is 2. The highest BCUT2D eigenvalue weighted by molar-refractivity contribution is 5.71. The second-order valence-electron chi connectivity index (χ2n) is 8.35. The lowest BCUT2D eigenvalue weighted by Crippen LogP contribution is -2.36. The Balaban J connectivity index is 1.82. The van der Waals surface area contributed by atoms with Gasteiger partial charge in [0.1, 0.15) is 23.2 Å². The Kier molecular flexibility index (Phi) is 5.64.